The van der Waals surface area contributed by atoms with Crippen LogP contribution in [0, 0.1) is 11.6 Å². The number of nitrogens with two attached hydrogens (primary N) is 1. The summed E-state index contributed by atoms with van der Waals surface area (Å²) in [5.74, 6) is -2.15. The molecule has 23 heavy (non-hydrogen) atoms. The Morgan fingerprint density at radius 3 is 2.61 bits per heavy atom. The number of carbonyl (C=O) groups excluding carboxylic acids is 1. The van der Waals surface area contributed by atoms with E-state index < -0.39 is 23.6 Å². The topological polar surface area (TPSA) is 92.3 Å². The number of aliphatic hydroxyl groups excluding tert-OH is 1. The highest BCUT2D eigenvalue weighted by Crippen LogP contribution is 2.35. The molecule has 1 aliphatic heterocycles. The second kappa shape index (κ2) is 5.88. The molecule has 2 aromatic rings. The van der Waals surface area contributed by atoms with Crippen molar-refractivity contribution < 1.29 is 18.7 Å². The molecule has 0 aliphatic carbocycles. The molecule has 8 heteroatoms. The van der Waals surface area contributed by atoms with Crippen LogP contribution in [-0.2, 0) is 0 Å². The first-order valence-electron chi connectivity index (χ1n) is 6.99. The molecule has 120 valence electrons. The van der Waals surface area contributed by atoms with E-state index in [4.69, 9.17) is 5.73 Å². The summed E-state index contributed by atoms with van der Waals surface area (Å²) in [4.78, 5) is 12.8. The first-order valence-corrected chi connectivity index (χ1v) is 6.99. The van der Waals surface area contributed by atoms with E-state index in [0.717, 1.165) is 12.1 Å². The number of aliphatic hydroxyl groups is 1. The summed E-state index contributed by atoms with van der Waals surface area (Å²) in [7, 11) is 0. The molecule has 1 aliphatic rings. The number of anilines is 1. The SMILES string of the molecule is NC(=O)c1ccc(N2C[C@@H](O)C[C@@H]2c2ccc(F)c(F)c2)nn1. The molecule has 1 aromatic heterocycles. The smallest absolute Gasteiger partial charge is 0.269 e. The van der Waals surface area contributed by atoms with Gasteiger partial charge in [0.25, 0.3) is 5.91 Å². The van der Waals surface area contributed by atoms with Crippen LogP contribution in [0.15, 0.2) is 30.3 Å². The summed E-state index contributed by atoms with van der Waals surface area (Å²) in [6.45, 7) is 0.272. The van der Waals surface area contributed by atoms with Crippen LogP contribution in [0.2, 0.25) is 0 Å². The monoisotopic (exact) mass is 320 g/mol. The van der Waals surface area contributed by atoms with Gasteiger partial charge in [0.05, 0.1) is 12.1 Å². The standard InChI is InChI=1S/C15H14F2N4O2/c16-10-2-1-8(5-11(10)17)13-6-9(22)7-21(13)14-4-3-12(15(18)23)19-20-14/h1-5,9,13,22H,6-7H2,(H2,18,23)/t9-,13+/m0/s1. The number of benzene rings is 1. The average Bonchev–Trinajstić information content (AvgIpc) is 2.92. The molecular formula is C15H14F2N4O2. The first-order chi connectivity index (χ1) is 11.0. The van der Waals surface area contributed by atoms with Crippen LogP contribution in [0.1, 0.15) is 28.5 Å². The number of aromatic nitrogens is 2. The van der Waals surface area contributed by atoms with Crippen LogP contribution in [0.25, 0.3) is 0 Å². The highest BCUT2D eigenvalue weighted by molar-refractivity contribution is 5.90. The fraction of sp³-hybridized carbons (Fsp3) is 0.267. The van der Waals surface area contributed by atoms with E-state index in [1.165, 1.54) is 12.1 Å². The molecule has 3 N–H and O–H groups in total. The molecule has 3 rings (SSSR count). The number of nitrogens with zero attached hydrogens (tertiary/aromatic N) is 3. The predicted molar refractivity (Wildman–Crippen MR) is 77.6 cm³/mol. The molecule has 0 spiro atoms. The summed E-state index contributed by atoms with van der Waals surface area (Å²) < 4.78 is 26.6. The molecule has 0 bridgehead atoms. The Kier molecular flexibility index (Phi) is 3.91. The fourth-order valence-electron chi connectivity index (χ4n) is 2.71. The summed E-state index contributed by atoms with van der Waals surface area (Å²) in [5, 5.41) is 17.6. The number of hydrogen-bond donors (Lipinski definition) is 2. The van der Waals surface area contributed by atoms with Crippen molar-refractivity contribution in [2.24, 2.45) is 5.73 Å². The van der Waals surface area contributed by atoms with Crippen LogP contribution >= 0.6 is 0 Å². The predicted octanol–water partition coefficient (Wildman–Crippen LogP) is 1.17. The number of amides is 1. The summed E-state index contributed by atoms with van der Waals surface area (Å²) >= 11 is 0. The minimum atomic E-state index is -0.945. The van der Waals surface area contributed by atoms with Gasteiger partial charge in [-0.3, -0.25) is 4.79 Å². The Hall–Kier alpha value is -2.61. The van der Waals surface area contributed by atoms with Crippen molar-refractivity contribution in [3.63, 3.8) is 0 Å². The lowest BCUT2D eigenvalue weighted by atomic mass is 10.0. The fourth-order valence-corrected chi connectivity index (χ4v) is 2.71. The molecular weight excluding hydrogens is 306 g/mol. The number of rotatable bonds is 3. The maximum absolute atomic E-state index is 13.5. The van der Waals surface area contributed by atoms with E-state index in [1.807, 2.05) is 0 Å². The van der Waals surface area contributed by atoms with Crippen molar-refractivity contribution in [3.8, 4) is 0 Å². The van der Waals surface area contributed by atoms with Crippen LogP contribution in [0.3, 0.4) is 0 Å². The minimum absolute atomic E-state index is 0.0258. The van der Waals surface area contributed by atoms with Gasteiger partial charge in [-0.1, -0.05) is 6.07 Å². The van der Waals surface area contributed by atoms with Gasteiger partial charge in [-0.05, 0) is 36.2 Å². The summed E-state index contributed by atoms with van der Waals surface area (Å²) in [6.07, 6.45) is -0.282. The highest BCUT2D eigenvalue weighted by Gasteiger charge is 2.33. The van der Waals surface area contributed by atoms with Crippen LogP contribution in [0.4, 0.5) is 14.6 Å². The number of carbonyl (C=O) groups is 1. The molecule has 2 atom stereocenters. The van der Waals surface area contributed by atoms with E-state index in [0.29, 0.717) is 17.8 Å². The Morgan fingerprint density at radius 2 is 2.00 bits per heavy atom. The minimum Gasteiger partial charge on any atom is -0.391 e. The van der Waals surface area contributed by atoms with Crippen LogP contribution < -0.4 is 10.6 Å². The Morgan fingerprint density at radius 1 is 1.22 bits per heavy atom. The van der Waals surface area contributed by atoms with Crippen molar-refractivity contribution in [1.82, 2.24) is 10.2 Å². The average molecular weight is 320 g/mol. The van der Waals surface area contributed by atoms with Gasteiger partial charge >= 0.3 is 0 Å². The number of hydrogen-bond acceptors (Lipinski definition) is 5. The van der Waals surface area contributed by atoms with Gasteiger partial charge in [0.2, 0.25) is 0 Å². The second-order valence-electron chi connectivity index (χ2n) is 5.37. The molecule has 0 radical (unpaired) electrons. The van der Waals surface area contributed by atoms with E-state index in [2.05, 4.69) is 10.2 Å². The van der Waals surface area contributed by atoms with Crippen LogP contribution in [0.5, 0.6) is 0 Å². The molecule has 6 nitrogen and oxygen atoms in total. The first kappa shape index (κ1) is 15.3. The Bertz CT molecular complexity index is 739. The van der Waals surface area contributed by atoms with Crippen LogP contribution in [-0.4, -0.2) is 33.9 Å². The van der Waals surface area contributed by atoms with Crippen molar-refractivity contribution in [2.75, 3.05) is 11.4 Å². The highest BCUT2D eigenvalue weighted by atomic mass is 19.2. The zero-order valence-electron chi connectivity index (χ0n) is 12.0. The van der Waals surface area contributed by atoms with Gasteiger partial charge in [0, 0.05) is 6.54 Å². The largest absolute Gasteiger partial charge is 0.391 e. The van der Waals surface area contributed by atoms with E-state index in [9.17, 15) is 18.7 Å². The van der Waals surface area contributed by atoms with Crippen molar-refractivity contribution in [2.45, 2.75) is 18.6 Å². The van der Waals surface area contributed by atoms with E-state index in [-0.39, 0.29) is 18.3 Å². The summed E-state index contributed by atoms with van der Waals surface area (Å²) in [5.41, 5.74) is 5.67. The maximum Gasteiger partial charge on any atom is 0.269 e. The Balaban J connectivity index is 1.92. The molecule has 0 unspecified atom stereocenters. The Labute approximate surface area is 130 Å². The number of halogens is 2. The third-order valence-corrected chi connectivity index (χ3v) is 3.80. The van der Waals surface area contributed by atoms with Gasteiger partial charge in [-0.25, -0.2) is 8.78 Å². The molecule has 1 aromatic carbocycles. The van der Waals surface area contributed by atoms with Gasteiger partial charge in [-0.2, -0.15) is 0 Å². The molecule has 1 amide bonds. The van der Waals surface area contributed by atoms with Gasteiger partial charge in [-0.15, -0.1) is 10.2 Å². The van der Waals surface area contributed by atoms with Gasteiger partial charge < -0.3 is 15.7 Å². The van der Waals surface area contributed by atoms with Crippen molar-refractivity contribution in [1.29, 1.82) is 0 Å². The normalized spacial score (nSPS) is 20.7. The molecule has 1 fully saturated rings. The third-order valence-electron chi connectivity index (χ3n) is 3.80. The lowest BCUT2D eigenvalue weighted by Gasteiger charge is -2.25. The zero-order chi connectivity index (χ0) is 16.6. The van der Waals surface area contributed by atoms with Crippen molar-refractivity contribution >= 4 is 11.7 Å². The lowest BCUT2D eigenvalue weighted by molar-refractivity contribution is 0.0994. The lowest BCUT2D eigenvalue weighted by Crippen LogP contribution is -2.26. The second-order valence-corrected chi connectivity index (χ2v) is 5.37. The van der Waals surface area contributed by atoms with E-state index >= 15 is 0 Å². The molecule has 2 heterocycles. The quantitative estimate of drug-likeness (QED) is 0.885. The zero-order valence-corrected chi connectivity index (χ0v) is 12.0. The number of primary amides is 1. The van der Waals surface area contributed by atoms with Gasteiger partial charge in [0.1, 0.15) is 0 Å². The maximum atomic E-state index is 13.5. The summed E-state index contributed by atoms with van der Waals surface area (Å²) in [6, 6.07) is 6.24. The third kappa shape index (κ3) is 2.98. The molecule has 0 saturated carbocycles. The number of β-amino-alcohol motifs (C(OH)–C–C–N with tert-alkyl or cyclic N) is 1. The molecule has 1 saturated heterocycles. The van der Waals surface area contributed by atoms with Crippen molar-refractivity contribution in [3.05, 3.63) is 53.2 Å². The van der Waals surface area contributed by atoms with E-state index in [1.54, 1.807) is 11.0 Å². The van der Waals surface area contributed by atoms with Gasteiger partial charge in [0.15, 0.2) is 23.1 Å².